The predicted molar refractivity (Wildman–Crippen MR) is 68.2 cm³/mol. The Hall–Kier alpha value is -2.51. The van der Waals surface area contributed by atoms with Crippen LogP contribution in [-0.4, -0.2) is 28.2 Å². The van der Waals surface area contributed by atoms with E-state index in [1.165, 1.54) is 19.4 Å². The second kappa shape index (κ2) is 5.47. The van der Waals surface area contributed by atoms with Crippen LogP contribution < -0.4 is 10.1 Å². The predicted octanol–water partition coefficient (Wildman–Crippen LogP) is 1.42. The molecule has 110 valence electrons. The van der Waals surface area contributed by atoms with Gasteiger partial charge >= 0.3 is 11.8 Å². The van der Waals surface area contributed by atoms with Crippen molar-refractivity contribution in [1.82, 2.24) is 20.5 Å². The fourth-order valence-electron chi connectivity index (χ4n) is 1.81. The van der Waals surface area contributed by atoms with E-state index in [1.807, 2.05) is 0 Å². The summed E-state index contributed by atoms with van der Waals surface area (Å²) < 4.78 is 24.0. The number of carbonyl (C=O) groups is 1. The molecule has 1 saturated carbocycles. The SMILES string of the molecule is COc1ccnc(CNC(=O)c2nnc(C3CC3)o2)c1F. The summed E-state index contributed by atoms with van der Waals surface area (Å²) in [7, 11) is 1.36. The molecule has 7 nitrogen and oxygen atoms in total. The first-order chi connectivity index (χ1) is 10.2. The number of methoxy groups -OCH3 is 1. The summed E-state index contributed by atoms with van der Waals surface area (Å²) in [5, 5.41) is 9.98. The van der Waals surface area contributed by atoms with Crippen LogP contribution in [0.1, 0.15) is 41.0 Å². The van der Waals surface area contributed by atoms with Crippen molar-refractivity contribution in [3.8, 4) is 5.75 Å². The van der Waals surface area contributed by atoms with Crippen molar-refractivity contribution < 1.29 is 18.3 Å². The van der Waals surface area contributed by atoms with E-state index in [2.05, 4.69) is 20.5 Å². The van der Waals surface area contributed by atoms with Gasteiger partial charge in [0.2, 0.25) is 5.89 Å². The monoisotopic (exact) mass is 292 g/mol. The smallest absolute Gasteiger partial charge is 0.309 e. The van der Waals surface area contributed by atoms with E-state index < -0.39 is 11.7 Å². The van der Waals surface area contributed by atoms with Gasteiger partial charge in [-0.15, -0.1) is 10.2 Å². The molecule has 0 bridgehead atoms. The molecule has 0 aliphatic heterocycles. The molecular formula is C13H13FN4O3. The van der Waals surface area contributed by atoms with Crippen LogP contribution in [0.25, 0.3) is 0 Å². The zero-order valence-electron chi connectivity index (χ0n) is 11.3. The van der Waals surface area contributed by atoms with Crippen molar-refractivity contribution in [3.63, 3.8) is 0 Å². The van der Waals surface area contributed by atoms with Gasteiger partial charge in [-0.1, -0.05) is 0 Å². The Labute approximate surface area is 119 Å². The van der Waals surface area contributed by atoms with Crippen LogP contribution in [0.3, 0.4) is 0 Å². The van der Waals surface area contributed by atoms with E-state index in [0.717, 1.165) is 12.8 Å². The Morgan fingerprint density at radius 2 is 2.33 bits per heavy atom. The molecule has 21 heavy (non-hydrogen) atoms. The Morgan fingerprint density at radius 3 is 3.05 bits per heavy atom. The highest BCUT2D eigenvalue weighted by atomic mass is 19.1. The number of carbonyl (C=O) groups excluding carboxylic acids is 1. The van der Waals surface area contributed by atoms with Crippen LogP contribution in [0.15, 0.2) is 16.7 Å². The molecule has 2 aromatic heterocycles. The first-order valence-corrected chi connectivity index (χ1v) is 6.48. The molecule has 1 N–H and O–H groups in total. The minimum Gasteiger partial charge on any atom is -0.494 e. The molecule has 2 heterocycles. The van der Waals surface area contributed by atoms with Crippen LogP contribution in [0.4, 0.5) is 4.39 Å². The Bertz CT molecular complexity index is 669. The molecule has 0 unspecified atom stereocenters. The topological polar surface area (TPSA) is 90.1 Å². The van der Waals surface area contributed by atoms with Crippen LogP contribution in [0, 0.1) is 5.82 Å². The molecule has 1 aliphatic rings. The number of amides is 1. The van der Waals surface area contributed by atoms with Gasteiger partial charge in [0.1, 0.15) is 0 Å². The van der Waals surface area contributed by atoms with Crippen molar-refractivity contribution in [2.75, 3.05) is 7.11 Å². The minimum atomic E-state index is -0.607. The lowest BCUT2D eigenvalue weighted by Crippen LogP contribution is -2.24. The summed E-state index contributed by atoms with van der Waals surface area (Å²) in [6.45, 7) is -0.0942. The molecule has 0 atom stereocenters. The Morgan fingerprint density at radius 1 is 1.52 bits per heavy atom. The van der Waals surface area contributed by atoms with E-state index >= 15 is 0 Å². The molecule has 1 aliphatic carbocycles. The molecule has 0 radical (unpaired) electrons. The van der Waals surface area contributed by atoms with Crippen LogP contribution in [0.2, 0.25) is 0 Å². The standard InChI is InChI=1S/C13H13FN4O3/c1-20-9-4-5-15-8(10(9)14)6-16-11(19)13-18-17-12(21-13)7-2-3-7/h4-5,7H,2-3,6H2,1H3,(H,16,19). The van der Waals surface area contributed by atoms with Gasteiger partial charge in [0.05, 0.1) is 19.3 Å². The Kier molecular flexibility index (Phi) is 3.51. The van der Waals surface area contributed by atoms with Crippen molar-refractivity contribution >= 4 is 5.91 Å². The maximum Gasteiger partial charge on any atom is 0.309 e. The van der Waals surface area contributed by atoms with Gasteiger partial charge < -0.3 is 14.5 Å². The van der Waals surface area contributed by atoms with Gasteiger partial charge in [-0.2, -0.15) is 0 Å². The molecule has 8 heteroatoms. The van der Waals surface area contributed by atoms with Crippen LogP contribution >= 0.6 is 0 Å². The summed E-state index contributed by atoms with van der Waals surface area (Å²) in [4.78, 5) is 15.7. The van der Waals surface area contributed by atoms with E-state index in [4.69, 9.17) is 9.15 Å². The van der Waals surface area contributed by atoms with Crippen LogP contribution in [0.5, 0.6) is 5.75 Å². The third-order valence-corrected chi connectivity index (χ3v) is 3.12. The van der Waals surface area contributed by atoms with Gasteiger partial charge in [-0.05, 0) is 12.8 Å². The number of aromatic nitrogens is 3. The number of nitrogens with one attached hydrogen (secondary N) is 1. The van der Waals surface area contributed by atoms with Crippen molar-refractivity contribution in [2.45, 2.75) is 25.3 Å². The zero-order valence-corrected chi connectivity index (χ0v) is 11.3. The minimum absolute atomic E-state index is 0.0723. The highest BCUT2D eigenvalue weighted by Gasteiger charge is 2.30. The molecule has 0 aromatic carbocycles. The highest BCUT2D eigenvalue weighted by Crippen LogP contribution is 2.38. The maximum atomic E-state index is 13.9. The average molecular weight is 292 g/mol. The summed E-state index contributed by atoms with van der Waals surface area (Å²) in [6, 6.07) is 1.40. The molecule has 1 amide bonds. The van der Waals surface area contributed by atoms with E-state index in [-0.39, 0.29) is 29.8 Å². The van der Waals surface area contributed by atoms with Crippen molar-refractivity contribution in [2.24, 2.45) is 0 Å². The number of hydrogen-bond acceptors (Lipinski definition) is 6. The first-order valence-electron chi connectivity index (χ1n) is 6.48. The van der Waals surface area contributed by atoms with Crippen molar-refractivity contribution in [1.29, 1.82) is 0 Å². The summed E-state index contributed by atoms with van der Waals surface area (Å²) in [5.74, 6) is -0.464. The average Bonchev–Trinajstić information content (AvgIpc) is 3.23. The second-order valence-electron chi connectivity index (χ2n) is 4.68. The molecule has 3 rings (SSSR count). The fourth-order valence-corrected chi connectivity index (χ4v) is 1.81. The lowest BCUT2D eigenvalue weighted by molar-refractivity contribution is 0.0913. The highest BCUT2D eigenvalue weighted by molar-refractivity contribution is 5.89. The maximum absolute atomic E-state index is 13.9. The second-order valence-corrected chi connectivity index (χ2v) is 4.68. The normalized spacial score (nSPS) is 14.0. The van der Waals surface area contributed by atoms with Gasteiger partial charge in [0.25, 0.3) is 0 Å². The quantitative estimate of drug-likeness (QED) is 0.896. The molecule has 0 spiro atoms. The largest absolute Gasteiger partial charge is 0.494 e. The molecular weight excluding hydrogens is 279 g/mol. The third kappa shape index (κ3) is 2.83. The first kappa shape index (κ1) is 13.5. The summed E-state index contributed by atoms with van der Waals surface area (Å²) in [5.41, 5.74) is 0.0737. The van der Waals surface area contributed by atoms with E-state index in [0.29, 0.717) is 5.89 Å². The molecule has 0 saturated heterocycles. The lowest BCUT2D eigenvalue weighted by atomic mass is 10.3. The van der Waals surface area contributed by atoms with Gasteiger partial charge in [-0.25, -0.2) is 4.39 Å². The number of rotatable bonds is 5. The number of ether oxygens (including phenoxy) is 1. The number of nitrogens with zero attached hydrogens (tertiary/aromatic N) is 3. The van der Waals surface area contributed by atoms with Crippen LogP contribution in [-0.2, 0) is 6.54 Å². The lowest BCUT2D eigenvalue weighted by Gasteiger charge is -2.06. The number of hydrogen-bond donors (Lipinski definition) is 1. The van der Waals surface area contributed by atoms with Gasteiger partial charge in [0, 0.05) is 18.2 Å². The summed E-state index contributed by atoms with van der Waals surface area (Å²) >= 11 is 0. The van der Waals surface area contributed by atoms with Gasteiger partial charge in [0.15, 0.2) is 11.6 Å². The van der Waals surface area contributed by atoms with E-state index in [9.17, 15) is 9.18 Å². The number of pyridine rings is 1. The summed E-state index contributed by atoms with van der Waals surface area (Å²) in [6.07, 6.45) is 3.41. The van der Waals surface area contributed by atoms with Crippen molar-refractivity contribution in [3.05, 3.63) is 35.6 Å². The van der Waals surface area contributed by atoms with E-state index in [1.54, 1.807) is 0 Å². The van der Waals surface area contributed by atoms with Gasteiger partial charge in [-0.3, -0.25) is 9.78 Å². The fraction of sp³-hybridized carbons (Fsp3) is 0.385. The molecule has 2 aromatic rings. The number of halogens is 1. The zero-order chi connectivity index (χ0) is 14.8. The third-order valence-electron chi connectivity index (χ3n) is 3.12. The molecule has 1 fully saturated rings. The Balaban J connectivity index is 1.65.